The molecule has 0 aliphatic heterocycles. The normalized spacial score (nSPS) is 10.2. The zero-order chi connectivity index (χ0) is 15.2. The number of methoxy groups -OCH3 is 1. The Morgan fingerprint density at radius 3 is 2.67 bits per heavy atom. The van der Waals surface area contributed by atoms with Crippen molar-refractivity contribution >= 4 is 21.8 Å². The Morgan fingerprint density at radius 2 is 2.00 bits per heavy atom. The number of hydrogen-bond donors (Lipinski definition) is 2. The van der Waals surface area contributed by atoms with Crippen molar-refractivity contribution in [1.82, 2.24) is 5.32 Å². The number of ether oxygens (including phenoxy) is 1. The van der Waals surface area contributed by atoms with Crippen LogP contribution in [0.1, 0.15) is 21.5 Å². The average Bonchev–Trinajstić information content (AvgIpc) is 2.52. The van der Waals surface area contributed by atoms with E-state index >= 15 is 0 Å². The number of amides is 1. The molecule has 0 heterocycles. The van der Waals surface area contributed by atoms with Crippen LogP contribution in [0.5, 0.6) is 11.5 Å². The summed E-state index contributed by atoms with van der Waals surface area (Å²) in [7, 11) is 1.51. The molecule has 5 heteroatoms. The van der Waals surface area contributed by atoms with Crippen molar-refractivity contribution in [2.24, 2.45) is 0 Å². The summed E-state index contributed by atoms with van der Waals surface area (Å²) in [4.78, 5) is 12.1. The van der Waals surface area contributed by atoms with Crippen LogP contribution in [0, 0.1) is 0 Å². The van der Waals surface area contributed by atoms with E-state index in [0.717, 1.165) is 16.5 Å². The number of nitrogens with one attached hydrogen (secondary N) is 1. The van der Waals surface area contributed by atoms with Gasteiger partial charge in [0.15, 0.2) is 0 Å². The molecular weight excluding hydrogens is 334 g/mol. The second-order valence-corrected chi connectivity index (χ2v) is 5.08. The molecule has 1 amide bonds. The first-order valence-corrected chi connectivity index (χ1v) is 7.55. The van der Waals surface area contributed by atoms with Crippen LogP contribution in [0.25, 0.3) is 0 Å². The SMILES string of the molecule is COc1ccc(C(=O)NCc2cccc(CBr)c2)c(O)c1. The van der Waals surface area contributed by atoms with Gasteiger partial charge in [-0.25, -0.2) is 0 Å². The van der Waals surface area contributed by atoms with E-state index in [4.69, 9.17) is 4.74 Å². The maximum absolute atomic E-state index is 12.1. The Balaban J connectivity index is 2.04. The molecule has 4 nitrogen and oxygen atoms in total. The summed E-state index contributed by atoms with van der Waals surface area (Å²) >= 11 is 3.40. The highest BCUT2D eigenvalue weighted by molar-refractivity contribution is 9.08. The zero-order valence-electron chi connectivity index (χ0n) is 11.6. The van der Waals surface area contributed by atoms with E-state index < -0.39 is 0 Å². The molecule has 0 unspecified atom stereocenters. The maximum atomic E-state index is 12.1. The van der Waals surface area contributed by atoms with E-state index in [1.54, 1.807) is 12.1 Å². The van der Waals surface area contributed by atoms with Crippen LogP contribution in [0.3, 0.4) is 0 Å². The standard InChI is InChI=1S/C16H16BrNO3/c1-21-13-5-6-14(15(19)8-13)16(20)18-10-12-4-2-3-11(7-12)9-17/h2-8,19H,9-10H2,1H3,(H,18,20). The number of hydrogen-bond acceptors (Lipinski definition) is 3. The number of benzene rings is 2. The van der Waals surface area contributed by atoms with Crippen molar-refractivity contribution in [1.29, 1.82) is 0 Å². The van der Waals surface area contributed by atoms with Crippen molar-refractivity contribution in [3.05, 3.63) is 59.2 Å². The van der Waals surface area contributed by atoms with Gasteiger partial charge in [0.2, 0.25) is 0 Å². The number of phenolic OH excluding ortho intramolecular Hbond substituents is 1. The molecule has 0 radical (unpaired) electrons. The Morgan fingerprint density at radius 1 is 1.24 bits per heavy atom. The van der Waals surface area contributed by atoms with Crippen LogP contribution in [0.2, 0.25) is 0 Å². The lowest BCUT2D eigenvalue weighted by Gasteiger charge is -2.09. The van der Waals surface area contributed by atoms with E-state index in [1.165, 1.54) is 13.2 Å². The minimum Gasteiger partial charge on any atom is -0.507 e. The Labute approximate surface area is 131 Å². The first-order valence-electron chi connectivity index (χ1n) is 6.43. The highest BCUT2D eigenvalue weighted by Gasteiger charge is 2.11. The maximum Gasteiger partial charge on any atom is 0.255 e. The van der Waals surface area contributed by atoms with E-state index in [2.05, 4.69) is 21.2 Å². The van der Waals surface area contributed by atoms with Gasteiger partial charge in [0.05, 0.1) is 12.7 Å². The number of phenols is 1. The number of carbonyl (C=O) groups is 1. The van der Waals surface area contributed by atoms with Crippen LogP contribution < -0.4 is 10.1 Å². The number of carbonyl (C=O) groups excluding carboxylic acids is 1. The molecule has 110 valence electrons. The highest BCUT2D eigenvalue weighted by Crippen LogP contribution is 2.23. The van der Waals surface area contributed by atoms with Gasteiger partial charge >= 0.3 is 0 Å². The quantitative estimate of drug-likeness (QED) is 0.814. The summed E-state index contributed by atoms with van der Waals surface area (Å²) in [5, 5.41) is 13.4. The Kier molecular flexibility index (Phi) is 5.22. The molecule has 0 fully saturated rings. The van der Waals surface area contributed by atoms with Gasteiger partial charge < -0.3 is 15.2 Å². The predicted octanol–water partition coefficient (Wildman–Crippen LogP) is 3.23. The van der Waals surface area contributed by atoms with Gasteiger partial charge in [-0.05, 0) is 23.3 Å². The van der Waals surface area contributed by atoms with Crippen LogP contribution >= 0.6 is 15.9 Å². The third-order valence-electron chi connectivity index (χ3n) is 3.05. The summed E-state index contributed by atoms with van der Waals surface area (Å²) in [5.41, 5.74) is 2.38. The number of halogens is 1. The van der Waals surface area contributed by atoms with Gasteiger partial charge in [-0.1, -0.05) is 40.2 Å². The van der Waals surface area contributed by atoms with Crippen molar-refractivity contribution < 1.29 is 14.6 Å². The molecule has 0 aliphatic rings. The van der Waals surface area contributed by atoms with Crippen LogP contribution in [-0.2, 0) is 11.9 Å². The van der Waals surface area contributed by atoms with Crippen LogP contribution in [-0.4, -0.2) is 18.1 Å². The second-order valence-electron chi connectivity index (χ2n) is 4.52. The molecule has 2 N–H and O–H groups in total. The minimum absolute atomic E-state index is 0.0962. The fourth-order valence-corrected chi connectivity index (χ4v) is 2.28. The summed E-state index contributed by atoms with van der Waals surface area (Å²) < 4.78 is 4.99. The van der Waals surface area contributed by atoms with E-state index in [0.29, 0.717) is 12.3 Å². The molecule has 21 heavy (non-hydrogen) atoms. The van der Waals surface area contributed by atoms with Gasteiger partial charge in [0, 0.05) is 17.9 Å². The lowest BCUT2D eigenvalue weighted by Crippen LogP contribution is -2.22. The number of rotatable bonds is 5. The smallest absolute Gasteiger partial charge is 0.255 e. The van der Waals surface area contributed by atoms with Crippen molar-refractivity contribution in [3.63, 3.8) is 0 Å². The van der Waals surface area contributed by atoms with Crippen LogP contribution in [0.4, 0.5) is 0 Å². The summed E-state index contributed by atoms with van der Waals surface area (Å²) in [6.07, 6.45) is 0. The number of alkyl halides is 1. The summed E-state index contributed by atoms with van der Waals surface area (Å²) in [5.74, 6) is 0.0922. The molecular formula is C16H16BrNO3. The fourth-order valence-electron chi connectivity index (χ4n) is 1.93. The molecule has 2 aromatic carbocycles. The van der Waals surface area contributed by atoms with E-state index in [9.17, 15) is 9.90 Å². The average molecular weight is 350 g/mol. The first-order chi connectivity index (χ1) is 10.1. The molecule has 2 rings (SSSR count). The highest BCUT2D eigenvalue weighted by atomic mass is 79.9. The molecule has 0 atom stereocenters. The Hall–Kier alpha value is -2.01. The van der Waals surface area contributed by atoms with Crippen molar-refractivity contribution in [3.8, 4) is 11.5 Å². The summed E-state index contributed by atoms with van der Waals surface area (Å²) in [6.45, 7) is 0.408. The fraction of sp³-hybridized carbons (Fsp3) is 0.188. The van der Waals surface area contributed by atoms with Gasteiger partial charge in [0.25, 0.3) is 5.91 Å². The van der Waals surface area contributed by atoms with Crippen LogP contribution in [0.15, 0.2) is 42.5 Å². The first kappa shape index (κ1) is 15.4. The lowest BCUT2D eigenvalue weighted by molar-refractivity contribution is 0.0948. The molecule has 0 spiro atoms. The number of aromatic hydroxyl groups is 1. The van der Waals surface area contributed by atoms with Crippen molar-refractivity contribution in [2.45, 2.75) is 11.9 Å². The van der Waals surface area contributed by atoms with Crippen molar-refractivity contribution in [2.75, 3.05) is 7.11 Å². The third kappa shape index (κ3) is 3.98. The molecule has 0 aliphatic carbocycles. The second kappa shape index (κ2) is 7.13. The van der Waals surface area contributed by atoms with Gasteiger partial charge in [-0.3, -0.25) is 4.79 Å². The monoisotopic (exact) mass is 349 g/mol. The predicted molar refractivity (Wildman–Crippen MR) is 84.9 cm³/mol. The largest absolute Gasteiger partial charge is 0.507 e. The molecule has 0 bridgehead atoms. The molecule has 0 aromatic heterocycles. The molecule has 0 saturated carbocycles. The van der Waals surface area contributed by atoms with E-state index in [1.807, 2.05) is 24.3 Å². The zero-order valence-corrected chi connectivity index (χ0v) is 13.2. The molecule has 0 saturated heterocycles. The topological polar surface area (TPSA) is 58.6 Å². The Bertz CT molecular complexity index is 643. The summed E-state index contributed by atoms with van der Waals surface area (Å²) in [6, 6.07) is 12.5. The third-order valence-corrected chi connectivity index (χ3v) is 3.70. The lowest BCUT2D eigenvalue weighted by atomic mass is 10.1. The van der Waals surface area contributed by atoms with Gasteiger partial charge in [-0.15, -0.1) is 0 Å². The molecule has 2 aromatic rings. The minimum atomic E-state index is -0.320. The van der Waals surface area contributed by atoms with Gasteiger partial charge in [-0.2, -0.15) is 0 Å². The van der Waals surface area contributed by atoms with Gasteiger partial charge in [0.1, 0.15) is 11.5 Å². The van der Waals surface area contributed by atoms with E-state index in [-0.39, 0.29) is 17.2 Å².